The molecule has 9 heteroatoms. The predicted octanol–water partition coefficient (Wildman–Crippen LogP) is 5.03. The molecule has 0 unspecified atom stereocenters. The van der Waals surface area contributed by atoms with Gasteiger partial charge in [0.15, 0.2) is 11.5 Å². The number of thioether (sulfide) groups is 1. The van der Waals surface area contributed by atoms with Crippen LogP contribution in [0.4, 0.5) is 20.2 Å². The number of aromatic hydroxyl groups is 1. The minimum Gasteiger partial charge on any atom is -0.493 e. The molecule has 2 N–H and O–H groups in total. The van der Waals surface area contributed by atoms with Crippen LogP contribution < -0.4 is 0 Å². The number of benzene rings is 2. The van der Waals surface area contributed by atoms with Gasteiger partial charge in [-0.05, 0) is 30.3 Å². The maximum absolute atomic E-state index is 14.4. The zero-order valence-electron chi connectivity index (χ0n) is 13.8. The molecular formula is C18H13F2N3O3S. The van der Waals surface area contributed by atoms with Gasteiger partial charge in [0.1, 0.15) is 5.82 Å². The number of azo groups is 1. The molecule has 1 fully saturated rings. The van der Waals surface area contributed by atoms with Gasteiger partial charge in [0.2, 0.25) is 5.88 Å². The summed E-state index contributed by atoms with van der Waals surface area (Å²) in [6.45, 7) is 0. The highest BCUT2D eigenvalue weighted by atomic mass is 32.2. The zero-order chi connectivity index (χ0) is 19.1. The Morgan fingerprint density at radius 1 is 1.15 bits per heavy atom. The van der Waals surface area contributed by atoms with Gasteiger partial charge in [-0.3, -0.25) is 0 Å². The summed E-state index contributed by atoms with van der Waals surface area (Å²) in [4.78, 5) is 10.9. The van der Waals surface area contributed by atoms with Crippen molar-refractivity contribution in [3.8, 4) is 5.88 Å². The number of carbonyl (C=O) groups is 1. The van der Waals surface area contributed by atoms with E-state index in [2.05, 4.69) is 10.2 Å². The van der Waals surface area contributed by atoms with E-state index in [4.69, 9.17) is 5.11 Å². The lowest BCUT2D eigenvalue weighted by Gasteiger charge is -2.27. The second-order valence-corrected chi connectivity index (χ2v) is 7.14. The monoisotopic (exact) mass is 389 g/mol. The van der Waals surface area contributed by atoms with Crippen LogP contribution >= 0.6 is 11.8 Å². The molecule has 1 aromatic heterocycles. The number of fused-ring (bicyclic) bond motifs is 1. The summed E-state index contributed by atoms with van der Waals surface area (Å²) < 4.78 is 29.6. The molecule has 138 valence electrons. The van der Waals surface area contributed by atoms with E-state index >= 15 is 0 Å². The Morgan fingerprint density at radius 3 is 2.44 bits per heavy atom. The first-order valence-corrected chi connectivity index (χ1v) is 9.16. The van der Waals surface area contributed by atoms with Crippen molar-refractivity contribution in [1.82, 2.24) is 4.57 Å². The van der Waals surface area contributed by atoms with Crippen LogP contribution in [0.15, 0.2) is 46.6 Å². The lowest BCUT2D eigenvalue weighted by molar-refractivity contribution is 0.0697. The Kier molecular flexibility index (Phi) is 4.31. The van der Waals surface area contributed by atoms with Gasteiger partial charge < -0.3 is 14.8 Å². The number of hydrogen-bond donors (Lipinski definition) is 2. The van der Waals surface area contributed by atoms with Gasteiger partial charge in [-0.15, -0.1) is 5.11 Å². The highest BCUT2D eigenvalue weighted by molar-refractivity contribution is 8.00. The van der Waals surface area contributed by atoms with Crippen molar-refractivity contribution >= 4 is 40.0 Å². The number of carboxylic acids is 1. The topological polar surface area (TPSA) is 87.2 Å². The molecule has 27 heavy (non-hydrogen) atoms. The fourth-order valence-electron chi connectivity index (χ4n) is 2.94. The highest BCUT2D eigenvalue weighted by Crippen LogP contribution is 2.45. The maximum atomic E-state index is 14.4. The molecule has 1 aliphatic rings. The fraction of sp³-hybridized carbons (Fsp3) is 0.167. The molecule has 2 aromatic carbocycles. The van der Waals surface area contributed by atoms with Crippen molar-refractivity contribution < 1.29 is 23.8 Å². The van der Waals surface area contributed by atoms with E-state index < -0.39 is 17.6 Å². The van der Waals surface area contributed by atoms with E-state index in [9.17, 15) is 18.7 Å². The first kappa shape index (κ1) is 17.5. The number of halogens is 2. The molecule has 0 radical (unpaired) electrons. The van der Waals surface area contributed by atoms with Gasteiger partial charge in [0.25, 0.3) is 0 Å². The van der Waals surface area contributed by atoms with E-state index in [1.54, 1.807) is 11.8 Å². The lowest BCUT2D eigenvalue weighted by atomic mass is 10.2. The third-order valence-electron chi connectivity index (χ3n) is 4.33. The zero-order valence-corrected chi connectivity index (χ0v) is 14.6. The normalized spacial score (nSPS) is 14.7. The number of hydrogen-bond acceptors (Lipinski definition) is 5. The predicted molar refractivity (Wildman–Crippen MR) is 97.5 cm³/mol. The Morgan fingerprint density at radius 2 is 1.85 bits per heavy atom. The molecule has 4 rings (SSSR count). The van der Waals surface area contributed by atoms with Gasteiger partial charge in [-0.25, -0.2) is 13.6 Å². The van der Waals surface area contributed by atoms with Crippen LogP contribution in [-0.4, -0.2) is 32.3 Å². The van der Waals surface area contributed by atoms with Crippen molar-refractivity contribution in [1.29, 1.82) is 0 Å². The summed E-state index contributed by atoms with van der Waals surface area (Å²) in [6.07, 6.45) is 0. The van der Waals surface area contributed by atoms with Crippen LogP contribution in [0.5, 0.6) is 5.88 Å². The van der Waals surface area contributed by atoms with Gasteiger partial charge in [0.05, 0.1) is 22.8 Å². The van der Waals surface area contributed by atoms with Crippen molar-refractivity contribution in [2.45, 2.75) is 6.04 Å². The smallest absolute Gasteiger partial charge is 0.335 e. The van der Waals surface area contributed by atoms with Crippen molar-refractivity contribution in [3.05, 3.63) is 53.6 Å². The fourth-order valence-corrected chi connectivity index (χ4v) is 3.68. The molecule has 0 amide bonds. The first-order valence-electron chi connectivity index (χ1n) is 8.00. The molecule has 0 saturated carbocycles. The lowest BCUT2D eigenvalue weighted by Crippen LogP contribution is -2.22. The SMILES string of the molecule is O=C(O)c1ccc(N=Nc2c(O)n(C3CSC3)c3c(F)cc(F)cc23)cc1. The number of nitrogens with zero attached hydrogens (tertiary/aromatic N) is 3. The number of rotatable bonds is 4. The number of carboxylic acid groups (broad SMARTS) is 1. The molecule has 6 nitrogen and oxygen atoms in total. The molecule has 2 heterocycles. The van der Waals surface area contributed by atoms with Gasteiger partial charge in [-0.2, -0.15) is 16.9 Å². The van der Waals surface area contributed by atoms with Crippen LogP contribution in [0, 0.1) is 11.6 Å². The minimum absolute atomic E-state index is 0.0254. The van der Waals surface area contributed by atoms with Crippen LogP contribution in [0.25, 0.3) is 10.9 Å². The number of aromatic carboxylic acids is 1. The van der Waals surface area contributed by atoms with Crippen LogP contribution in [0.3, 0.4) is 0 Å². The highest BCUT2D eigenvalue weighted by Gasteiger charge is 2.29. The van der Waals surface area contributed by atoms with E-state index in [0.29, 0.717) is 17.2 Å². The van der Waals surface area contributed by atoms with Crippen molar-refractivity contribution in [2.24, 2.45) is 10.2 Å². The maximum Gasteiger partial charge on any atom is 0.335 e. The summed E-state index contributed by atoms with van der Waals surface area (Å²) in [7, 11) is 0. The molecule has 0 bridgehead atoms. The third kappa shape index (κ3) is 3.03. The van der Waals surface area contributed by atoms with Crippen molar-refractivity contribution in [3.63, 3.8) is 0 Å². The van der Waals surface area contributed by atoms with Crippen LogP contribution in [0.1, 0.15) is 16.4 Å². The molecule has 0 aliphatic carbocycles. The second kappa shape index (κ2) is 6.66. The average molecular weight is 389 g/mol. The summed E-state index contributed by atoms with van der Waals surface area (Å²) in [6, 6.07) is 7.42. The quantitative estimate of drug-likeness (QED) is 0.613. The van der Waals surface area contributed by atoms with Gasteiger partial charge in [0, 0.05) is 23.0 Å². The van der Waals surface area contributed by atoms with Crippen LogP contribution in [-0.2, 0) is 0 Å². The van der Waals surface area contributed by atoms with E-state index in [-0.39, 0.29) is 34.1 Å². The largest absolute Gasteiger partial charge is 0.493 e. The van der Waals surface area contributed by atoms with E-state index in [1.807, 2.05) is 0 Å². The molecule has 3 aromatic rings. The van der Waals surface area contributed by atoms with Gasteiger partial charge >= 0.3 is 5.97 Å². The van der Waals surface area contributed by atoms with E-state index in [0.717, 1.165) is 12.1 Å². The molecule has 1 aliphatic heterocycles. The van der Waals surface area contributed by atoms with E-state index in [1.165, 1.54) is 28.8 Å². The number of aromatic nitrogens is 1. The standard InChI is InChI=1S/C18H13F2N3O3S/c19-10-5-13-15(22-21-11-3-1-9(2-4-11)18(25)26)17(24)23(12-7-27-8-12)16(13)14(20)6-10/h1-6,12,24H,7-8H2,(H,25,26). The Bertz CT molecular complexity index is 1080. The molecular weight excluding hydrogens is 376 g/mol. The average Bonchev–Trinajstić information content (AvgIpc) is 2.84. The summed E-state index contributed by atoms with van der Waals surface area (Å²) >= 11 is 1.66. The molecule has 0 spiro atoms. The first-order chi connectivity index (χ1) is 13.0. The van der Waals surface area contributed by atoms with Gasteiger partial charge in [-0.1, -0.05) is 0 Å². The summed E-state index contributed by atoms with van der Waals surface area (Å²) in [5.41, 5.74) is 0.508. The van der Waals surface area contributed by atoms with Crippen molar-refractivity contribution in [2.75, 3.05) is 11.5 Å². The third-order valence-corrected chi connectivity index (χ3v) is 5.57. The minimum atomic E-state index is -1.07. The Balaban J connectivity index is 1.81. The van der Waals surface area contributed by atoms with Crippen LogP contribution in [0.2, 0.25) is 0 Å². The Hall–Kier alpha value is -2.94. The molecule has 1 saturated heterocycles. The Labute approximate surface area is 156 Å². The summed E-state index contributed by atoms with van der Waals surface area (Å²) in [5, 5.41) is 27.6. The second-order valence-electron chi connectivity index (χ2n) is 6.07. The molecule has 0 atom stereocenters. The summed E-state index contributed by atoms with van der Waals surface area (Å²) in [5.74, 6) is -1.47.